The topological polar surface area (TPSA) is 78.9 Å². The molecule has 0 amide bonds. The van der Waals surface area contributed by atoms with Gasteiger partial charge in [-0.2, -0.15) is 0 Å². The summed E-state index contributed by atoms with van der Waals surface area (Å²) in [5, 5.41) is 0. The minimum atomic E-state index is -0.826. The average molecular weight is 1110 g/mol. The molecule has 6 heteroatoms. The van der Waals surface area contributed by atoms with Crippen molar-refractivity contribution in [2.45, 2.75) is 303 Å². The van der Waals surface area contributed by atoms with Crippen molar-refractivity contribution in [1.29, 1.82) is 0 Å². The number of allylic oxidation sites excluding steroid dienone is 21. The predicted molar refractivity (Wildman–Crippen MR) is 348 cm³/mol. The van der Waals surface area contributed by atoms with Crippen LogP contribution in [0, 0.1) is 0 Å². The molecule has 1 atom stereocenters. The van der Waals surface area contributed by atoms with E-state index in [9.17, 15) is 14.4 Å². The van der Waals surface area contributed by atoms with E-state index < -0.39 is 12.1 Å². The number of rotatable bonds is 59. The third-order valence-corrected chi connectivity index (χ3v) is 13.9. The Kier molecular flexibility index (Phi) is 63.3. The molecule has 0 heterocycles. The van der Waals surface area contributed by atoms with Gasteiger partial charge in [0.15, 0.2) is 6.10 Å². The van der Waals surface area contributed by atoms with E-state index in [1.807, 2.05) is 6.08 Å². The molecule has 0 saturated carbocycles. The van der Waals surface area contributed by atoms with Crippen molar-refractivity contribution >= 4 is 17.9 Å². The Bertz CT molecular complexity index is 1700. The summed E-state index contributed by atoms with van der Waals surface area (Å²) in [7, 11) is 0. The number of hydrogen-bond acceptors (Lipinski definition) is 6. The van der Waals surface area contributed by atoms with Crippen LogP contribution in [-0.2, 0) is 28.6 Å². The predicted octanol–water partition coefficient (Wildman–Crippen LogP) is 22.9. The van der Waals surface area contributed by atoms with Gasteiger partial charge in [-0.1, -0.05) is 315 Å². The van der Waals surface area contributed by atoms with Gasteiger partial charge in [0.05, 0.1) is 6.42 Å². The summed E-state index contributed by atoms with van der Waals surface area (Å²) < 4.78 is 16.8. The molecule has 0 aromatic heterocycles. The first-order valence-corrected chi connectivity index (χ1v) is 33.2. The molecule has 1 unspecified atom stereocenters. The number of hydrogen-bond donors (Lipinski definition) is 0. The third-order valence-electron chi connectivity index (χ3n) is 13.9. The maximum absolute atomic E-state index is 12.9. The molecule has 0 radical (unpaired) electrons. The average Bonchev–Trinajstić information content (AvgIpc) is 3.46. The van der Waals surface area contributed by atoms with Crippen molar-refractivity contribution in [3.05, 3.63) is 134 Å². The highest BCUT2D eigenvalue weighted by Crippen LogP contribution is 2.17. The van der Waals surface area contributed by atoms with Crippen LogP contribution >= 0.6 is 0 Å². The van der Waals surface area contributed by atoms with Crippen molar-refractivity contribution in [3.63, 3.8) is 0 Å². The summed E-state index contributed by atoms with van der Waals surface area (Å²) in [4.78, 5) is 38.3. The van der Waals surface area contributed by atoms with E-state index in [4.69, 9.17) is 14.2 Å². The van der Waals surface area contributed by atoms with Gasteiger partial charge in [0.1, 0.15) is 13.2 Å². The standard InChI is InChI=1S/C74H122O6/c1-4-7-10-13-16-19-22-25-28-30-32-34-35-36-37-38-39-40-42-43-46-49-52-55-58-61-64-67-73(76)79-70-71(69-78-72(75)66-63-60-57-54-51-48-45-27-24-21-18-15-12-9-6-3)80-74(77)68-65-62-59-56-53-50-47-44-41-33-31-29-26-23-20-17-14-11-8-5-2/h7,9-10,12,16,18-19,21,25,27-28,32,34,36-37,39-40,45,51,54,60,63,71H,4-6,8,11,13-15,17,20,22-24,26,29-31,33,35,38,41-44,46-50,52-53,55-59,61-62,64-70H2,1-3H3/b10-7-,12-9-,19-16-,21-18-,28-25-,34-32-,37-36-,40-39-,45-27-,54-51-,63-60-. The molecule has 80 heavy (non-hydrogen) atoms. The second-order valence-corrected chi connectivity index (χ2v) is 21.6. The number of esters is 3. The molecule has 0 aliphatic heterocycles. The van der Waals surface area contributed by atoms with E-state index in [2.05, 4.69) is 142 Å². The van der Waals surface area contributed by atoms with Crippen LogP contribution in [0.25, 0.3) is 0 Å². The van der Waals surface area contributed by atoms with Crippen molar-refractivity contribution in [2.75, 3.05) is 13.2 Å². The lowest BCUT2D eigenvalue weighted by atomic mass is 10.0. The van der Waals surface area contributed by atoms with Gasteiger partial charge in [-0.25, -0.2) is 0 Å². The van der Waals surface area contributed by atoms with E-state index in [0.717, 1.165) is 116 Å². The fourth-order valence-corrected chi connectivity index (χ4v) is 9.05. The number of carbonyl (C=O) groups excluding carboxylic acids is 3. The van der Waals surface area contributed by atoms with Crippen LogP contribution in [-0.4, -0.2) is 37.2 Å². The second-order valence-electron chi connectivity index (χ2n) is 21.6. The largest absolute Gasteiger partial charge is 0.462 e. The van der Waals surface area contributed by atoms with E-state index in [1.54, 1.807) is 6.08 Å². The molecular weight excluding hydrogens is 985 g/mol. The SMILES string of the molecule is CC/C=C\C/C=C\C/C=C\C/C=C\C/C=C\C/C=C\CCCCCCCCCCC(=O)OCC(COC(=O)C/C=C\C/C=C\C/C=C\C/C=C\C/C=C\CC)OC(=O)CCCCCCCCCCCCCCCCCCCCCC. The van der Waals surface area contributed by atoms with Gasteiger partial charge in [-0.3, -0.25) is 14.4 Å². The minimum absolute atomic E-state index is 0.114. The Morgan fingerprint density at radius 3 is 0.875 bits per heavy atom. The first-order valence-electron chi connectivity index (χ1n) is 33.2. The molecule has 0 aromatic rings. The zero-order valence-electron chi connectivity index (χ0n) is 52.0. The van der Waals surface area contributed by atoms with Gasteiger partial charge in [0.25, 0.3) is 0 Å². The zero-order valence-corrected chi connectivity index (χ0v) is 52.0. The second kappa shape index (κ2) is 67.1. The quantitative estimate of drug-likeness (QED) is 0.0261. The van der Waals surface area contributed by atoms with Crippen molar-refractivity contribution in [2.24, 2.45) is 0 Å². The van der Waals surface area contributed by atoms with Crippen LogP contribution in [0.2, 0.25) is 0 Å². The molecule has 0 saturated heterocycles. The van der Waals surface area contributed by atoms with Crippen molar-refractivity contribution in [1.82, 2.24) is 0 Å². The summed E-state index contributed by atoms with van der Waals surface area (Å²) >= 11 is 0. The van der Waals surface area contributed by atoms with Gasteiger partial charge in [0.2, 0.25) is 0 Å². The summed E-state index contributed by atoms with van der Waals surface area (Å²) in [6, 6.07) is 0. The lowest BCUT2D eigenvalue weighted by Crippen LogP contribution is -2.30. The first-order chi connectivity index (χ1) is 39.5. The summed E-state index contributed by atoms with van der Waals surface area (Å²) in [6.07, 6.45) is 94.9. The Hall–Kier alpha value is -4.45. The molecule has 0 aliphatic carbocycles. The van der Waals surface area contributed by atoms with Gasteiger partial charge < -0.3 is 14.2 Å². The van der Waals surface area contributed by atoms with Gasteiger partial charge in [-0.05, 0) is 96.3 Å². The molecule has 0 spiro atoms. The van der Waals surface area contributed by atoms with E-state index >= 15 is 0 Å². The summed E-state index contributed by atoms with van der Waals surface area (Å²) in [5.74, 6) is -1.05. The molecule has 0 N–H and O–H groups in total. The maximum Gasteiger partial charge on any atom is 0.309 e. The summed E-state index contributed by atoms with van der Waals surface area (Å²) in [6.45, 7) is 6.34. The Morgan fingerprint density at radius 2 is 0.537 bits per heavy atom. The smallest absolute Gasteiger partial charge is 0.309 e. The highest BCUT2D eigenvalue weighted by atomic mass is 16.6. The minimum Gasteiger partial charge on any atom is -0.462 e. The molecular formula is C74H122O6. The van der Waals surface area contributed by atoms with Crippen molar-refractivity contribution < 1.29 is 28.6 Å². The molecule has 454 valence electrons. The van der Waals surface area contributed by atoms with E-state index in [-0.39, 0.29) is 31.6 Å². The number of ether oxygens (including phenoxy) is 3. The zero-order chi connectivity index (χ0) is 57.8. The Balaban J connectivity index is 4.42. The van der Waals surface area contributed by atoms with Gasteiger partial charge in [-0.15, -0.1) is 0 Å². The maximum atomic E-state index is 12.9. The molecule has 0 aromatic carbocycles. The highest BCUT2D eigenvalue weighted by molar-refractivity contribution is 5.72. The molecule has 0 aliphatic rings. The highest BCUT2D eigenvalue weighted by Gasteiger charge is 2.19. The third kappa shape index (κ3) is 64.4. The molecule has 0 bridgehead atoms. The van der Waals surface area contributed by atoms with Crippen LogP contribution in [0.15, 0.2) is 134 Å². The number of carbonyl (C=O) groups is 3. The normalized spacial score (nSPS) is 13.0. The van der Waals surface area contributed by atoms with Crippen LogP contribution in [0.3, 0.4) is 0 Å². The van der Waals surface area contributed by atoms with Crippen molar-refractivity contribution in [3.8, 4) is 0 Å². The monoisotopic (exact) mass is 1110 g/mol. The fraction of sp³-hybridized carbons (Fsp3) is 0.662. The van der Waals surface area contributed by atoms with Crippen LogP contribution in [0.4, 0.5) is 0 Å². The number of unbranched alkanes of at least 4 members (excludes halogenated alkanes) is 27. The Morgan fingerprint density at radius 1 is 0.275 bits per heavy atom. The molecule has 0 rings (SSSR count). The van der Waals surface area contributed by atoms with Gasteiger partial charge in [0, 0.05) is 12.8 Å². The molecule has 0 fully saturated rings. The van der Waals surface area contributed by atoms with Gasteiger partial charge >= 0.3 is 17.9 Å². The summed E-state index contributed by atoms with van der Waals surface area (Å²) in [5.41, 5.74) is 0. The lowest BCUT2D eigenvalue weighted by molar-refractivity contribution is -0.166. The van der Waals surface area contributed by atoms with E-state index in [1.165, 1.54) is 141 Å². The van der Waals surface area contributed by atoms with E-state index in [0.29, 0.717) is 12.8 Å². The Labute approximate surface area is 494 Å². The van der Waals surface area contributed by atoms with Crippen LogP contribution in [0.1, 0.15) is 297 Å². The fourth-order valence-electron chi connectivity index (χ4n) is 9.05. The molecule has 6 nitrogen and oxygen atoms in total. The van der Waals surface area contributed by atoms with Crippen LogP contribution < -0.4 is 0 Å². The van der Waals surface area contributed by atoms with Crippen LogP contribution in [0.5, 0.6) is 0 Å². The lowest BCUT2D eigenvalue weighted by Gasteiger charge is -2.18. The first kappa shape index (κ1) is 75.5.